The van der Waals surface area contributed by atoms with E-state index in [1.54, 1.807) is 13.2 Å². The molecule has 0 bridgehead atoms. The number of aromatic nitrogens is 1. The Morgan fingerprint density at radius 2 is 2.00 bits per heavy atom. The van der Waals surface area contributed by atoms with Gasteiger partial charge in [-0.3, -0.25) is 9.59 Å². The summed E-state index contributed by atoms with van der Waals surface area (Å²) in [5.74, 6) is 0.565. The average molecular weight is 421 g/mol. The fraction of sp³-hybridized carbons (Fsp3) is 0.625. The van der Waals surface area contributed by atoms with Crippen LogP contribution in [0.25, 0.3) is 0 Å². The fourth-order valence-electron chi connectivity index (χ4n) is 2.87. The third-order valence-corrected chi connectivity index (χ3v) is 5.28. The predicted octanol–water partition coefficient (Wildman–Crippen LogP) is 1.87. The first kappa shape index (κ1) is 19.3. The van der Waals surface area contributed by atoms with Gasteiger partial charge in [-0.2, -0.15) is 0 Å². The summed E-state index contributed by atoms with van der Waals surface area (Å²) < 4.78 is 8.23. The number of ether oxygens (including phenoxy) is 1. The summed E-state index contributed by atoms with van der Waals surface area (Å²) in [6.07, 6.45) is 6.79. The Bertz CT molecular complexity index is 667. The first-order chi connectivity index (χ1) is 10.9. The van der Waals surface area contributed by atoms with Gasteiger partial charge >= 0.3 is 0 Å². The molecule has 3 N–H and O–H groups in total. The molecule has 0 atom stereocenters. The van der Waals surface area contributed by atoms with Crippen LogP contribution in [0.5, 0.6) is 5.75 Å². The molecule has 3 rings (SSSR count). The molecule has 1 aromatic heterocycles. The molecule has 0 saturated heterocycles. The van der Waals surface area contributed by atoms with Crippen molar-refractivity contribution in [2.45, 2.75) is 56.2 Å². The second kappa shape index (κ2) is 7.45. The Hall–Kier alpha value is -1.05. The Morgan fingerprint density at radius 3 is 2.58 bits per heavy atom. The minimum Gasteiger partial charge on any atom is -0.489 e. The lowest BCUT2D eigenvalue weighted by Crippen LogP contribution is -2.48. The summed E-state index contributed by atoms with van der Waals surface area (Å²) >= 11 is 3.43. The number of carbonyl (C=O) groups is 1. The van der Waals surface area contributed by atoms with E-state index in [4.69, 9.17) is 10.5 Å². The van der Waals surface area contributed by atoms with Gasteiger partial charge in [-0.25, -0.2) is 0 Å². The van der Waals surface area contributed by atoms with Crippen molar-refractivity contribution in [3.8, 4) is 5.75 Å². The second-order valence-corrected chi connectivity index (χ2v) is 7.51. The van der Waals surface area contributed by atoms with Crippen LogP contribution in [0.2, 0.25) is 0 Å². The molecule has 2 aliphatic carbocycles. The van der Waals surface area contributed by atoms with Crippen LogP contribution in [0.1, 0.15) is 38.5 Å². The fourth-order valence-corrected chi connectivity index (χ4v) is 3.38. The van der Waals surface area contributed by atoms with E-state index < -0.39 is 5.54 Å². The number of pyridine rings is 1. The number of nitrogens with zero attached hydrogens (tertiary/aromatic N) is 1. The number of rotatable bonds is 4. The third kappa shape index (κ3) is 4.32. The summed E-state index contributed by atoms with van der Waals surface area (Å²) in [7, 11) is 1.70. The molecule has 0 spiro atoms. The van der Waals surface area contributed by atoms with E-state index in [2.05, 4.69) is 21.2 Å². The number of carbonyl (C=O) groups excluding carboxylic acids is 1. The molecule has 134 valence electrons. The summed E-state index contributed by atoms with van der Waals surface area (Å²) in [6, 6.07) is 1.68. The minimum absolute atomic E-state index is 0. The largest absolute Gasteiger partial charge is 0.489 e. The van der Waals surface area contributed by atoms with Gasteiger partial charge < -0.3 is 20.4 Å². The molecule has 0 radical (unpaired) electrons. The van der Waals surface area contributed by atoms with Gasteiger partial charge in [-0.05, 0) is 54.5 Å². The van der Waals surface area contributed by atoms with Crippen LogP contribution in [0, 0.1) is 0 Å². The molecule has 0 unspecified atom stereocenters. The average Bonchev–Trinajstić information content (AvgIpc) is 3.26. The molecule has 2 fully saturated rings. The van der Waals surface area contributed by atoms with E-state index in [1.807, 2.05) is 0 Å². The highest BCUT2D eigenvalue weighted by Gasteiger charge is 2.46. The summed E-state index contributed by atoms with van der Waals surface area (Å²) in [6.45, 7) is 0. The zero-order valence-corrected chi connectivity index (χ0v) is 16.0. The SMILES string of the molecule is Cl.Cn1cc(Br)c(OC2CCC(NC(=O)C3(N)CC3)CC2)cc1=O. The van der Waals surface area contributed by atoms with Crippen LogP contribution in [0.4, 0.5) is 0 Å². The molecular formula is C16H23BrClN3O3. The summed E-state index contributed by atoms with van der Waals surface area (Å²) in [5.41, 5.74) is 5.20. The summed E-state index contributed by atoms with van der Waals surface area (Å²) in [4.78, 5) is 23.7. The van der Waals surface area contributed by atoms with Gasteiger partial charge in [0.1, 0.15) is 5.75 Å². The standard InChI is InChI=1S/C16H22BrN3O3.ClH/c1-20-9-12(17)13(8-14(20)21)23-11-4-2-10(3-5-11)19-15(22)16(18)6-7-16;/h8-11H,2-7,18H2,1H3,(H,19,22);1H. The van der Waals surface area contributed by atoms with Gasteiger partial charge in [0.05, 0.1) is 16.1 Å². The maximum atomic E-state index is 12.0. The van der Waals surface area contributed by atoms with Crippen molar-refractivity contribution in [2.75, 3.05) is 0 Å². The Morgan fingerprint density at radius 1 is 1.38 bits per heavy atom. The molecule has 2 saturated carbocycles. The molecule has 0 aliphatic heterocycles. The lowest BCUT2D eigenvalue weighted by atomic mass is 9.92. The van der Waals surface area contributed by atoms with Crippen LogP contribution < -0.4 is 21.3 Å². The highest BCUT2D eigenvalue weighted by molar-refractivity contribution is 9.10. The van der Waals surface area contributed by atoms with E-state index in [1.165, 1.54) is 10.6 Å². The third-order valence-electron chi connectivity index (χ3n) is 4.69. The normalized spacial score (nSPS) is 24.6. The van der Waals surface area contributed by atoms with E-state index in [0.717, 1.165) is 43.0 Å². The molecule has 6 nitrogen and oxygen atoms in total. The first-order valence-electron chi connectivity index (χ1n) is 8.00. The van der Waals surface area contributed by atoms with Crippen LogP contribution in [0.15, 0.2) is 21.5 Å². The van der Waals surface area contributed by atoms with E-state index in [9.17, 15) is 9.59 Å². The van der Waals surface area contributed by atoms with Crippen molar-refractivity contribution in [3.05, 3.63) is 27.1 Å². The number of nitrogens with one attached hydrogen (secondary N) is 1. The first-order valence-corrected chi connectivity index (χ1v) is 8.79. The maximum absolute atomic E-state index is 12.0. The zero-order valence-electron chi connectivity index (χ0n) is 13.6. The van der Waals surface area contributed by atoms with Crippen molar-refractivity contribution >= 4 is 34.2 Å². The number of nitrogens with two attached hydrogens (primary N) is 1. The molecule has 0 aromatic carbocycles. The number of hydrogen-bond donors (Lipinski definition) is 2. The van der Waals surface area contributed by atoms with Crippen molar-refractivity contribution in [2.24, 2.45) is 12.8 Å². The lowest BCUT2D eigenvalue weighted by molar-refractivity contribution is -0.124. The molecule has 1 heterocycles. The van der Waals surface area contributed by atoms with Gasteiger partial charge in [0.2, 0.25) is 5.91 Å². The molecular weight excluding hydrogens is 398 g/mol. The van der Waals surface area contributed by atoms with Crippen LogP contribution >= 0.6 is 28.3 Å². The number of halogens is 2. The summed E-state index contributed by atoms with van der Waals surface area (Å²) in [5, 5.41) is 3.05. The lowest BCUT2D eigenvalue weighted by Gasteiger charge is -2.30. The van der Waals surface area contributed by atoms with Crippen molar-refractivity contribution in [1.82, 2.24) is 9.88 Å². The second-order valence-electron chi connectivity index (χ2n) is 6.66. The van der Waals surface area contributed by atoms with Crippen molar-refractivity contribution in [1.29, 1.82) is 0 Å². The Labute approximate surface area is 155 Å². The molecule has 8 heteroatoms. The van der Waals surface area contributed by atoms with Crippen LogP contribution in [-0.4, -0.2) is 28.2 Å². The van der Waals surface area contributed by atoms with E-state index in [-0.39, 0.29) is 36.0 Å². The van der Waals surface area contributed by atoms with Gasteiger partial charge in [0.15, 0.2) is 0 Å². The van der Waals surface area contributed by atoms with E-state index in [0.29, 0.717) is 5.75 Å². The smallest absolute Gasteiger partial charge is 0.254 e. The number of hydrogen-bond acceptors (Lipinski definition) is 4. The quantitative estimate of drug-likeness (QED) is 0.778. The molecule has 1 amide bonds. The zero-order chi connectivity index (χ0) is 16.6. The minimum atomic E-state index is -0.609. The van der Waals surface area contributed by atoms with Crippen molar-refractivity contribution < 1.29 is 9.53 Å². The van der Waals surface area contributed by atoms with Gasteiger partial charge in [0.25, 0.3) is 5.56 Å². The Kier molecular flexibility index (Phi) is 5.99. The van der Waals surface area contributed by atoms with Crippen LogP contribution in [0.3, 0.4) is 0 Å². The topological polar surface area (TPSA) is 86.3 Å². The maximum Gasteiger partial charge on any atom is 0.254 e. The monoisotopic (exact) mass is 419 g/mol. The molecule has 2 aliphatic rings. The highest BCUT2D eigenvalue weighted by atomic mass is 79.9. The molecule has 24 heavy (non-hydrogen) atoms. The van der Waals surface area contributed by atoms with Crippen molar-refractivity contribution in [3.63, 3.8) is 0 Å². The number of amides is 1. The van der Waals surface area contributed by atoms with Gasteiger partial charge in [0, 0.05) is 25.4 Å². The molecule has 1 aromatic rings. The predicted molar refractivity (Wildman–Crippen MR) is 97.6 cm³/mol. The van der Waals surface area contributed by atoms with Crippen LogP contribution in [-0.2, 0) is 11.8 Å². The number of aryl methyl sites for hydroxylation is 1. The van der Waals surface area contributed by atoms with Gasteiger partial charge in [-0.15, -0.1) is 12.4 Å². The Balaban J connectivity index is 0.00000208. The van der Waals surface area contributed by atoms with Gasteiger partial charge in [-0.1, -0.05) is 0 Å². The highest BCUT2D eigenvalue weighted by Crippen LogP contribution is 2.33. The van der Waals surface area contributed by atoms with E-state index >= 15 is 0 Å².